The summed E-state index contributed by atoms with van der Waals surface area (Å²) in [5.74, 6) is 0. The summed E-state index contributed by atoms with van der Waals surface area (Å²) in [4.78, 5) is 0. The van der Waals surface area contributed by atoms with Crippen LogP contribution in [0.2, 0.25) is 0 Å². The smallest absolute Gasteiger partial charge is 0.103 e. The van der Waals surface area contributed by atoms with Gasteiger partial charge in [0.25, 0.3) is 0 Å². The van der Waals surface area contributed by atoms with Crippen LogP contribution < -0.4 is 10.7 Å². The van der Waals surface area contributed by atoms with Gasteiger partial charge in [0, 0.05) is 6.04 Å². The molecule has 2 rings (SSSR count). The number of rotatable bonds is 3. The summed E-state index contributed by atoms with van der Waals surface area (Å²) in [7, 11) is 0. The van der Waals surface area contributed by atoms with E-state index >= 15 is 0 Å². The van der Waals surface area contributed by atoms with Crippen molar-refractivity contribution < 1.29 is 10.2 Å². The summed E-state index contributed by atoms with van der Waals surface area (Å²) in [5.41, 5.74) is 1.23. The monoisotopic (exact) mass is 243 g/mol. The number of hydrogen-bond acceptors (Lipinski definition) is 2. The molecule has 1 aromatic heterocycles. The highest BCUT2D eigenvalue weighted by atomic mass is 16.2. The zero-order chi connectivity index (χ0) is 13.0. The van der Waals surface area contributed by atoms with Crippen molar-refractivity contribution in [3.63, 3.8) is 0 Å². The van der Waals surface area contributed by atoms with E-state index in [9.17, 15) is 10.2 Å². The van der Waals surface area contributed by atoms with E-state index in [1.807, 2.05) is 22.8 Å². The summed E-state index contributed by atoms with van der Waals surface area (Å²) >= 11 is 0. The van der Waals surface area contributed by atoms with Crippen molar-refractivity contribution in [2.75, 3.05) is 0 Å². The number of hydrogen-bond donors (Lipinski definition) is 2. The molecule has 2 N–H and O–H groups in total. The molecule has 0 fully saturated rings. The molecule has 1 atom stereocenters. The van der Waals surface area contributed by atoms with Crippen LogP contribution in [0.3, 0.4) is 0 Å². The Labute approximate surface area is 106 Å². The molecule has 1 heterocycles. The first-order chi connectivity index (χ1) is 8.76. The van der Waals surface area contributed by atoms with Gasteiger partial charge in [-0.1, -0.05) is 30.3 Å². The molecule has 1 unspecified atom stereocenters. The fraction of sp³-hybridized carbons (Fsp3) is 0.200. The van der Waals surface area contributed by atoms with E-state index in [4.69, 9.17) is 0 Å². The van der Waals surface area contributed by atoms with Gasteiger partial charge < -0.3 is 14.8 Å². The minimum atomic E-state index is 0.152. The zero-order valence-corrected chi connectivity index (χ0v) is 10.3. The lowest BCUT2D eigenvalue weighted by Gasteiger charge is -2.15. The fourth-order valence-corrected chi connectivity index (χ4v) is 2.25. The minimum Gasteiger partial charge on any atom is -0.513 e. The fourth-order valence-electron chi connectivity index (χ4n) is 2.25. The maximum atomic E-state index is 9.20. The van der Waals surface area contributed by atoms with Crippen molar-refractivity contribution in [2.45, 2.75) is 19.4 Å². The lowest BCUT2D eigenvalue weighted by molar-refractivity contribution is 0.484. The third-order valence-electron chi connectivity index (χ3n) is 3.06. The van der Waals surface area contributed by atoms with Crippen LogP contribution >= 0.6 is 0 Å². The van der Waals surface area contributed by atoms with Gasteiger partial charge in [-0.25, -0.2) is 0 Å². The lowest BCUT2D eigenvalue weighted by atomic mass is 10.1. The second-order valence-electron chi connectivity index (χ2n) is 4.35. The van der Waals surface area contributed by atoms with Crippen molar-refractivity contribution in [2.24, 2.45) is 0 Å². The van der Waals surface area contributed by atoms with E-state index in [1.54, 1.807) is 12.1 Å². The molecule has 0 aliphatic carbocycles. The molecule has 0 aliphatic rings. The number of aliphatic hydroxyl groups is 2. The Kier molecular flexibility index (Phi) is 3.72. The van der Waals surface area contributed by atoms with Gasteiger partial charge in [0.05, 0.1) is 10.7 Å². The Hall–Kier alpha value is -2.16. The Morgan fingerprint density at radius 2 is 1.56 bits per heavy atom. The van der Waals surface area contributed by atoms with Gasteiger partial charge in [0.2, 0.25) is 0 Å². The van der Waals surface area contributed by atoms with Crippen LogP contribution in [0.1, 0.15) is 18.5 Å². The maximum Gasteiger partial charge on any atom is 0.103 e. The summed E-state index contributed by atoms with van der Waals surface area (Å²) in [5, 5.41) is 19.8. The molecule has 1 aromatic carbocycles. The molecule has 0 amide bonds. The van der Waals surface area contributed by atoms with E-state index in [-0.39, 0.29) is 6.04 Å². The average molecular weight is 243 g/mol. The second-order valence-corrected chi connectivity index (χ2v) is 4.35. The van der Waals surface area contributed by atoms with Crippen molar-refractivity contribution in [1.29, 1.82) is 0 Å². The Bertz CT molecular complexity index is 582. The lowest BCUT2D eigenvalue weighted by Crippen LogP contribution is -2.30. The molecule has 94 valence electrons. The quantitative estimate of drug-likeness (QED) is 0.864. The van der Waals surface area contributed by atoms with Gasteiger partial charge in [0.1, 0.15) is 12.5 Å². The summed E-state index contributed by atoms with van der Waals surface area (Å²) in [6.07, 6.45) is 2.97. The number of benzene rings is 1. The first-order valence-corrected chi connectivity index (χ1v) is 5.96. The van der Waals surface area contributed by atoms with E-state index in [1.165, 1.54) is 5.56 Å². The van der Waals surface area contributed by atoms with Gasteiger partial charge in [-0.3, -0.25) is 0 Å². The van der Waals surface area contributed by atoms with Crippen LogP contribution in [0, 0.1) is 0 Å². The number of aromatic nitrogens is 1. The Morgan fingerprint density at radius 3 is 2.06 bits per heavy atom. The van der Waals surface area contributed by atoms with Crippen molar-refractivity contribution >= 4 is 12.5 Å². The summed E-state index contributed by atoms with van der Waals surface area (Å²) in [6, 6.07) is 13.9. The third kappa shape index (κ3) is 2.40. The van der Waals surface area contributed by atoms with Crippen LogP contribution in [-0.2, 0) is 6.42 Å². The maximum absolute atomic E-state index is 9.20. The molecule has 2 aromatic rings. The number of nitrogens with zero attached hydrogens (tertiary/aromatic N) is 1. The Morgan fingerprint density at radius 1 is 1.00 bits per heavy atom. The molecule has 0 radical (unpaired) electrons. The summed E-state index contributed by atoms with van der Waals surface area (Å²) < 4.78 is 1.91. The van der Waals surface area contributed by atoms with Crippen LogP contribution in [0.15, 0.2) is 42.5 Å². The molecule has 0 saturated heterocycles. The molecular weight excluding hydrogens is 226 g/mol. The first-order valence-electron chi connectivity index (χ1n) is 5.96. The van der Waals surface area contributed by atoms with Gasteiger partial charge in [-0.15, -0.1) is 0 Å². The van der Waals surface area contributed by atoms with E-state index in [2.05, 4.69) is 19.1 Å². The molecule has 0 aliphatic heterocycles. The Balaban J connectivity index is 2.35. The molecule has 3 nitrogen and oxygen atoms in total. The van der Waals surface area contributed by atoms with Gasteiger partial charge in [-0.05, 0) is 31.0 Å². The molecule has 0 spiro atoms. The molecular formula is C15H17NO2. The minimum absolute atomic E-state index is 0.152. The highest BCUT2D eigenvalue weighted by Gasteiger charge is 2.08. The van der Waals surface area contributed by atoms with Crippen LogP contribution in [-0.4, -0.2) is 14.8 Å². The summed E-state index contributed by atoms with van der Waals surface area (Å²) in [6.45, 7) is 2.06. The van der Waals surface area contributed by atoms with Crippen LogP contribution in [0.25, 0.3) is 12.5 Å². The second kappa shape index (κ2) is 5.45. The average Bonchev–Trinajstić information content (AvgIpc) is 2.82. The van der Waals surface area contributed by atoms with E-state index in [0.717, 1.165) is 18.9 Å². The SMILES string of the molecule is CC(Cc1ccccc1)n1/c(=C\O)cc/c1=C\O. The normalized spacial score (nSPS) is 14.9. The largest absolute Gasteiger partial charge is 0.513 e. The van der Waals surface area contributed by atoms with Crippen LogP contribution in [0.4, 0.5) is 0 Å². The van der Waals surface area contributed by atoms with E-state index in [0.29, 0.717) is 10.7 Å². The predicted molar refractivity (Wildman–Crippen MR) is 72.7 cm³/mol. The van der Waals surface area contributed by atoms with Gasteiger partial charge in [-0.2, -0.15) is 0 Å². The molecule has 18 heavy (non-hydrogen) atoms. The van der Waals surface area contributed by atoms with E-state index < -0.39 is 0 Å². The van der Waals surface area contributed by atoms with Gasteiger partial charge in [0.15, 0.2) is 0 Å². The van der Waals surface area contributed by atoms with Crippen molar-refractivity contribution in [3.8, 4) is 0 Å². The highest BCUT2D eigenvalue weighted by molar-refractivity contribution is 5.19. The number of aliphatic hydroxyl groups excluding tert-OH is 2. The van der Waals surface area contributed by atoms with Crippen molar-refractivity contribution in [1.82, 2.24) is 4.57 Å². The predicted octanol–water partition coefficient (Wildman–Crippen LogP) is 1.88. The molecule has 3 heteroatoms. The zero-order valence-electron chi connectivity index (χ0n) is 10.3. The third-order valence-corrected chi connectivity index (χ3v) is 3.06. The van der Waals surface area contributed by atoms with Gasteiger partial charge >= 0.3 is 0 Å². The molecule has 0 saturated carbocycles. The van der Waals surface area contributed by atoms with Crippen LogP contribution in [0.5, 0.6) is 0 Å². The molecule has 0 bridgehead atoms. The first kappa shape index (κ1) is 12.3. The van der Waals surface area contributed by atoms with Crippen molar-refractivity contribution in [3.05, 3.63) is 58.7 Å². The standard InChI is InChI=1S/C15H17NO2/c1-12(9-13-5-3-2-4-6-13)16-14(10-17)7-8-15(16)11-18/h2-8,10-12,17-18H,9H2,1H3/b14-10-,15-11+. The highest BCUT2D eigenvalue weighted by Crippen LogP contribution is 2.10. The topological polar surface area (TPSA) is 45.4 Å².